The molecule has 0 radical (unpaired) electrons. The third-order valence-corrected chi connectivity index (χ3v) is 15.7. The summed E-state index contributed by atoms with van der Waals surface area (Å²) < 4.78 is 2.59. The lowest BCUT2D eigenvalue weighted by atomic mass is 9.88. The van der Waals surface area contributed by atoms with Gasteiger partial charge in [-0.2, -0.15) is 0 Å². The van der Waals surface area contributed by atoms with Crippen molar-refractivity contribution in [2.45, 2.75) is 13.5 Å². The summed E-state index contributed by atoms with van der Waals surface area (Å²) in [5.41, 5.74) is 14.7. The van der Waals surface area contributed by atoms with Crippen molar-refractivity contribution in [2.24, 2.45) is 0 Å². The average Bonchev–Trinajstić information content (AvgIpc) is 3.79. The van der Waals surface area contributed by atoms with Crippen LogP contribution in [0.5, 0.6) is 0 Å². The summed E-state index contributed by atoms with van der Waals surface area (Å²) in [6, 6.07) is 91.2. The molecule has 0 unspecified atom stereocenters. The van der Waals surface area contributed by atoms with Crippen LogP contribution in [0, 0.1) is 0 Å². The Labute approximate surface area is 411 Å². The van der Waals surface area contributed by atoms with E-state index in [0.29, 0.717) is 0 Å². The highest BCUT2D eigenvalue weighted by Crippen LogP contribution is 2.51. The van der Waals surface area contributed by atoms with E-state index < -0.39 is 0 Å². The van der Waals surface area contributed by atoms with Crippen LogP contribution >= 0.6 is 0 Å². The summed E-state index contributed by atoms with van der Waals surface area (Å²) in [6.45, 7) is 3.09. The third kappa shape index (κ3) is 6.06. The highest BCUT2D eigenvalue weighted by atomic mass is 15.0. The average molecular weight is 900 g/mol. The second kappa shape index (κ2) is 15.5. The van der Waals surface area contributed by atoms with Gasteiger partial charge in [0.25, 0.3) is 0 Å². The van der Waals surface area contributed by atoms with Gasteiger partial charge in [-0.1, -0.05) is 231 Å². The van der Waals surface area contributed by atoms with Crippen LogP contribution in [0.1, 0.15) is 6.92 Å². The van der Waals surface area contributed by atoms with Crippen molar-refractivity contribution in [3.8, 4) is 67.0 Å². The number of hydrogen-bond donors (Lipinski definition) is 0. The molecule has 15 rings (SSSR count). The zero-order valence-electron chi connectivity index (χ0n) is 39.2. The Morgan fingerprint density at radius 1 is 0.254 bits per heavy atom. The van der Waals surface area contributed by atoms with Gasteiger partial charge in [-0.25, -0.2) is 0 Å². The maximum absolute atomic E-state index is 2.59. The molecule has 0 saturated carbocycles. The third-order valence-electron chi connectivity index (χ3n) is 15.7. The molecule has 0 atom stereocenters. The fourth-order valence-corrected chi connectivity index (χ4v) is 12.4. The fraction of sp³-hybridized carbons (Fsp3) is 0.0286. The number of aromatic nitrogens is 1. The normalized spacial score (nSPS) is 12.1. The number of hydrogen-bond acceptors (Lipinski definition) is 0. The molecule has 0 amide bonds. The number of fused-ring (bicyclic) bond motifs is 2. The highest BCUT2D eigenvalue weighted by molar-refractivity contribution is 6.27. The van der Waals surface area contributed by atoms with Gasteiger partial charge in [-0.3, -0.25) is 0 Å². The zero-order chi connectivity index (χ0) is 46.7. The molecule has 0 N–H and O–H groups in total. The summed E-state index contributed by atoms with van der Waals surface area (Å²) >= 11 is 0. The molecule has 0 aliphatic rings. The molecule has 0 aliphatic heterocycles. The maximum atomic E-state index is 2.59. The summed E-state index contributed by atoms with van der Waals surface area (Å²) in [6.07, 6.45) is 0. The highest BCUT2D eigenvalue weighted by Gasteiger charge is 2.27. The Morgan fingerprint density at radius 3 is 0.972 bits per heavy atom. The smallest absolute Gasteiger partial charge is 0.0571 e. The molecule has 71 heavy (non-hydrogen) atoms. The summed E-state index contributed by atoms with van der Waals surface area (Å²) in [7, 11) is 0. The lowest BCUT2D eigenvalue weighted by molar-refractivity contribution is 0.785. The topological polar surface area (TPSA) is 4.93 Å². The molecule has 0 spiro atoms. The van der Waals surface area contributed by atoms with Gasteiger partial charge in [0.15, 0.2) is 0 Å². The molecule has 1 heterocycles. The van der Waals surface area contributed by atoms with Crippen LogP contribution in [0.4, 0.5) is 0 Å². The van der Waals surface area contributed by atoms with E-state index in [2.05, 4.69) is 254 Å². The first-order valence-electron chi connectivity index (χ1n) is 24.9. The molecule has 0 saturated heterocycles. The van der Waals surface area contributed by atoms with Gasteiger partial charge in [0.05, 0.1) is 11.4 Å². The second-order valence-electron chi connectivity index (χ2n) is 19.4. The lowest BCUT2D eigenvalue weighted by Gasteiger charge is -2.16. The van der Waals surface area contributed by atoms with E-state index in [-0.39, 0.29) is 0 Å². The molecule has 14 aromatic carbocycles. The van der Waals surface area contributed by atoms with Crippen molar-refractivity contribution in [2.75, 3.05) is 0 Å². The van der Waals surface area contributed by atoms with Crippen molar-refractivity contribution in [1.29, 1.82) is 0 Å². The van der Waals surface area contributed by atoms with Gasteiger partial charge >= 0.3 is 0 Å². The molecular formula is C70H45N. The largest absolute Gasteiger partial charge is 0.340 e. The van der Waals surface area contributed by atoms with Crippen LogP contribution < -0.4 is 0 Å². The van der Waals surface area contributed by atoms with E-state index >= 15 is 0 Å². The lowest BCUT2D eigenvalue weighted by Crippen LogP contribution is -2.00. The van der Waals surface area contributed by atoms with E-state index in [1.54, 1.807) is 0 Å². The molecule has 1 nitrogen and oxygen atoms in total. The van der Waals surface area contributed by atoms with Crippen LogP contribution in [0.3, 0.4) is 0 Å². The van der Waals surface area contributed by atoms with Crippen LogP contribution in [0.25, 0.3) is 153 Å². The molecular weight excluding hydrogens is 855 g/mol. The second-order valence-corrected chi connectivity index (χ2v) is 19.4. The minimum Gasteiger partial charge on any atom is -0.340 e. The van der Waals surface area contributed by atoms with E-state index in [0.717, 1.165) is 6.54 Å². The number of nitrogens with zero attached hydrogens (tertiary/aromatic N) is 1. The van der Waals surface area contributed by atoms with Gasteiger partial charge in [0.1, 0.15) is 0 Å². The van der Waals surface area contributed by atoms with Crippen molar-refractivity contribution < 1.29 is 0 Å². The van der Waals surface area contributed by atoms with Gasteiger partial charge in [0, 0.05) is 17.7 Å². The van der Waals surface area contributed by atoms with Crippen molar-refractivity contribution in [1.82, 2.24) is 4.57 Å². The monoisotopic (exact) mass is 899 g/mol. The van der Waals surface area contributed by atoms with E-state index in [4.69, 9.17) is 0 Å². The minimum absolute atomic E-state index is 0.784. The summed E-state index contributed by atoms with van der Waals surface area (Å²) in [4.78, 5) is 0. The van der Waals surface area contributed by atoms with Gasteiger partial charge < -0.3 is 4.57 Å². The molecule has 0 aliphatic carbocycles. The Kier molecular flexibility index (Phi) is 8.70. The Hall–Kier alpha value is -9.04. The van der Waals surface area contributed by atoms with Crippen LogP contribution in [0.2, 0.25) is 0 Å². The molecule has 15 aromatic rings. The van der Waals surface area contributed by atoms with Crippen LogP contribution in [0.15, 0.2) is 243 Å². The minimum atomic E-state index is 0.784. The van der Waals surface area contributed by atoms with E-state index in [9.17, 15) is 0 Å². The van der Waals surface area contributed by atoms with Gasteiger partial charge in [-0.15, -0.1) is 0 Å². The SMILES string of the molecule is CCn1c(-c2ccc(-c3ccc4ccc5cccc6ccc3c4c56)cc2)c(-c2ccc3ccccc3c2)c(-c2ccc3ccccc3c2)c1-c1ccc(-c2ccc3ccc4cccc5ccc2c3c45)cc1. The summed E-state index contributed by atoms with van der Waals surface area (Å²) in [5.74, 6) is 0. The predicted octanol–water partition coefficient (Wildman–Crippen LogP) is 19.6. The van der Waals surface area contributed by atoms with Crippen molar-refractivity contribution in [3.63, 3.8) is 0 Å². The van der Waals surface area contributed by atoms with Crippen molar-refractivity contribution in [3.05, 3.63) is 243 Å². The molecule has 330 valence electrons. The molecule has 0 bridgehead atoms. The van der Waals surface area contributed by atoms with Gasteiger partial charge in [-0.05, 0) is 150 Å². The van der Waals surface area contributed by atoms with E-state index in [1.165, 1.54) is 153 Å². The molecule has 1 aromatic heterocycles. The first kappa shape index (κ1) is 39.9. The maximum Gasteiger partial charge on any atom is 0.0571 e. The fourth-order valence-electron chi connectivity index (χ4n) is 12.4. The Bertz CT molecular complexity index is 4260. The quantitative estimate of drug-likeness (QED) is 0.141. The number of benzene rings is 14. The summed E-state index contributed by atoms with van der Waals surface area (Å²) in [5, 5.41) is 20.6. The van der Waals surface area contributed by atoms with Gasteiger partial charge in [0.2, 0.25) is 0 Å². The van der Waals surface area contributed by atoms with Crippen LogP contribution in [-0.2, 0) is 6.54 Å². The first-order chi connectivity index (χ1) is 35.1. The predicted molar refractivity (Wildman–Crippen MR) is 305 cm³/mol. The number of rotatable bonds is 7. The van der Waals surface area contributed by atoms with E-state index in [1.807, 2.05) is 0 Å². The molecule has 0 fully saturated rings. The van der Waals surface area contributed by atoms with Crippen LogP contribution in [-0.4, -0.2) is 4.57 Å². The van der Waals surface area contributed by atoms with Crippen molar-refractivity contribution >= 4 is 86.2 Å². The molecule has 1 heteroatoms. The first-order valence-corrected chi connectivity index (χ1v) is 24.9. The Morgan fingerprint density at radius 2 is 0.563 bits per heavy atom. The Balaban J connectivity index is 0.959. The standard InChI is InChI=1S/C70H45N/c1-2-71-69(53-27-19-45(20-28-53)59-37-33-51-25-23-47-13-7-15-49-35-39-61(59)65(51)63(47)49)67(57-31-17-43-9-3-5-11-55(43)41-57)68(58-32-18-44-10-4-6-12-56(44)42-58)70(71)54-29-21-46(22-30-54)60-38-34-52-26-24-48-14-8-16-50-36-40-62(60)66(52)64(48)50/h3-42H,2H2,1H3. The zero-order valence-corrected chi connectivity index (χ0v) is 39.2.